The summed E-state index contributed by atoms with van der Waals surface area (Å²) in [7, 11) is 0. The summed E-state index contributed by atoms with van der Waals surface area (Å²) in [4.78, 5) is 34.2. The van der Waals surface area contributed by atoms with Gasteiger partial charge in [0.2, 0.25) is 11.8 Å². The van der Waals surface area contributed by atoms with Gasteiger partial charge in [-0.05, 0) is 6.92 Å². The van der Waals surface area contributed by atoms with Crippen LogP contribution in [-0.2, 0) is 14.4 Å². The van der Waals surface area contributed by atoms with Crippen LogP contribution in [0.1, 0.15) is 34.1 Å². The van der Waals surface area contributed by atoms with Crippen LogP contribution in [0.2, 0.25) is 0 Å². The van der Waals surface area contributed by atoms with Gasteiger partial charge in [-0.15, -0.1) is 0 Å². The van der Waals surface area contributed by atoms with Gasteiger partial charge in [0.1, 0.15) is 12.1 Å². The summed E-state index contributed by atoms with van der Waals surface area (Å²) in [5, 5.41) is 22.3. The van der Waals surface area contributed by atoms with E-state index in [4.69, 9.17) is 10.2 Å². The number of hydrogen-bond donors (Lipinski definition) is 4. The van der Waals surface area contributed by atoms with E-state index >= 15 is 0 Å². The molecule has 0 aliphatic rings. The van der Waals surface area contributed by atoms with Gasteiger partial charge in [-0.2, -0.15) is 0 Å². The molecule has 19 heavy (non-hydrogen) atoms. The number of rotatable bonds is 6. The van der Waals surface area contributed by atoms with Crippen LogP contribution in [0.4, 0.5) is 0 Å². The van der Waals surface area contributed by atoms with Gasteiger partial charge in [-0.3, -0.25) is 9.59 Å². The van der Waals surface area contributed by atoms with Crippen LogP contribution in [0.15, 0.2) is 0 Å². The Morgan fingerprint density at radius 1 is 1.16 bits per heavy atom. The Kier molecular flexibility index (Phi) is 6.47. The highest BCUT2D eigenvalue weighted by Gasteiger charge is 2.27. The second kappa shape index (κ2) is 7.08. The zero-order valence-corrected chi connectivity index (χ0v) is 11.7. The van der Waals surface area contributed by atoms with E-state index in [0.29, 0.717) is 0 Å². The van der Waals surface area contributed by atoms with Crippen molar-refractivity contribution in [2.45, 2.75) is 46.2 Å². The summed E-state index contributed by atoms with van der Waals surface area (Å²) in [5.41, 5.74) is -0.633. The number of carboxylic acids is 1. The fraction of sp³-hybridized carbons (Fsp3) is 0.750. The van der Waals surface area contributed by atoms with Gasteiger partial charge in [-0.25, -0.2) is 4.79 Å². The third kappa shape index (κ3) is 6.19. The van der Waals surface area contributed by atoms with Crippen LogP contribution in [0.25, 0.3) is 0 Å². The first-order chi connectivity index (χ1) is 8.59. The van der Waals surface area contributed by atoms with Gasteiger partial charge in [0.25, 0.3) is 0 Å². The molecule has 0 aromatic heterocycles. The number of carbonyl (C=O) groups is 3. The number of nitrogens with one attached hydrogen (secondary N) is 2. The Morgan fingerprint density at radius 2 is 1.68 bits per heavy atom. The molecule has 0 heterocycles. The molecule has 0 aliphatic heterocycles. The molecule has 0 aliphatic carbocycles. The van der Waals surface area contributed by atoms with E-state index in [9.17, 15) is 14.4 Å². The molecular weight excluding hydrogens is 252 g/mol. The minimum absolute atomic E-state index is 0.0823. The van der Waals surface area contributed by atoms with Crippen molar-refractivity contribution in [3.63, 3.8) is 0 Å². The Bertz CT molecular complexity index is 349. The van der Waals surface area contributed by atoms with Crippen molar-refractivity contribution >= 4 is 17.8 Å². The third-order valence-electron chi connectivity index (χ3n) is 2.45. The van der Waals surface area contributed by atoms with Crippen LogP contribution in [0, 0.1) is 5.41 Å². The molecular formula is C12H22N2O5. The third-order valence-corrected chi connectivity index (χ3v) is 2.45. The van der Waals surface area contributed by atoms with Crippen molar-refractivity contribution in [3.05, 3.63) is 0 Å². The van der Waals surface area contributed by atoms with Gasteiger partial charge in [0.05, 0.1) is 0 Å². The number of aliphatic hydroxyl groups excluding tert-OH is 1. The molecule has 0 bridgehead atoms. The van der Waals surface area contributed by atoms with Crippen molar-refractivity contribution in [2.24, 2.45) is 5.41 Å². The van der Waals surface area contributed by atoms with Crippen molar-refractivity contribution in [1.82, 2.24) is 10.6 Å². The van der Waals surface area contributed by atoms with E-state index in [-0.39, 0.29) is 18.9 Å². The highest BCUT2D eigenvalue weighted by Crippen LogP contribution is 2.12. The molecule has 0 saturated carbocycles. The molecule has 0 saturated heterocycles. The lowest BCUT2D eigenvalue weighted by atomic mass is 9.95. The Morgan fingerprint density at radius 3 is 2.05 bits per heavy atom. The molecule has 2 amide bonds. The largest absolute Gasteiger partial charge is 0.480 e. The molecule has 0 aromatic rings. The number of aliphatic carboxylic acids is 1. The van der Waals surface area contributed by atoms with Gasteiger partial charge in [-0.1, -0.05) is 20.8 Å². The molecule has 0 fully saturated rings. The smallest absolute Gasteiger partial charge is 0.326 e. The Labute approximate surface area is 112 Å². The molecule has 7 heteroatoms. The lowest BCUT2D eigenvalue weighted by Crippen LogP contribution is -2.52. The minimum Gasteiger partial charge on any atom is -0.480 e. The van der Waals surface area contributed by atoms with Gasteiger partial charge >= 0.3 is 5.97 Å². The number of carboxylic acid groups (broad SMARTS) is 1. The second-order valence-electron chi connectivity index (χ2n) is 5.36. The highest BCUT2D eigenvalue weighted by atomic mass is 16.4. The van der Waals surface area contributed by atoms with E-state index in [0.717, 1.165) is 0 Å². The average Bonchev–Trinajstić information content (AvgIpc) is 2.26. The molecule has 0 radical (unpaired) electrons. The Balaban J connectivity index is 4.49. The maximum atomic E-state index is 11.7. The number of amides is 2. The van der Waals surface area contributed by atoms with E-state index in [1.807, 2.05) is 0 Å². The van der Waals surface area contributed by atoms with E-state index < -0.39 is 29.4 Å². The van der Waals surface area contributed by atoms with Gasteiger partial charge in [0.15, 0.2) is 0 Å². The summed E-state index contributed by atoms with van der Waals surface area (Å²) < 4.78 is 0. The molecule has 4 N–H and O–H groups in total. The summed E-state index contributed by atoms with van der Waals surface area (Å²) in [6, 6.07) is -2.00. The Hall–Kier alpha value is -1.63. The highest BCUT2D eigenvalue weighted by molar-refractivity contribution is 5.91. The van der Waals surface area contributed by atoms with Crippen molar-refractivity contribution < 1.29 is 24.6 Å². The van der Waals surface area contributed by atoms with Crippen LogP contribution in [0.3, 0.4) is 0 Å². The monoisotopic (exact) mass is 274 g/mol. The summed E-state index contributed by atoms with van der Waals surface area (Å²) in [5.74, 6) is -2.13. The molecule has 1 unspecified atom stereocenters. The fourth-order valence-electron chi connectivity index (χ4n) is 1.16. The summed E-state index contributed by atoms with van der Waals surface area (Å²) in [6.07, 6.45) is -0.0823. The predicted octanol–water partition coefficient (Wildman–Crippen LogP) is -0.511. The zero-order chi connectivity index (χ0) is 15.2. The van der Waals surface area contributed by atoms with Gasteiger partial charge < -0.3 is 20.8 Å². The first-order valence-electron chi connectivity index (χ1n) is 6.04. The van der Waals surface area contributed by atoms with Crippen LogP contribution in [-0.4, -0.2) is 46.7 Å². The van der Waals surface area contributed by atoms with Crippen molar-refractivity contribution in [2.75, 3.05) is 6.61 Å². The number of aliphatic hydroxyl groups is 1. The van der Waals surface area contributed by atoms with E-state index in [2.05, 4.69) is 10.6 Å². The molecule has 110 valence electrons. The SMILES string of the molecule is CC(NC(=O)C(C)(C)C)C(=O)N[C@H](CCO)C(=O)O. The molecule has 0 rings (SSSR count). The second-order valence-corrected chi connectivity index (χ2v) is 5.36. The fourth-order valence-corrected chi connectivity index (χ4v) is 1.16. The summed E-state index contributed by atoms with van der Waals surface area (Å²) >= 11 is 0. The molecule has 0 aromatic carbocycles. The van der Waals surface area contributed by atoms with Crippen LogP contribution in [0.5, 0.6) is 0 Å². The normalized spacial score (nSPS) is 14.4. The van der Waals surface area contributed by atoms with Gasteiger partial charge in [0, 0.05) is 18.4 Å². The molecule has 7 nitrogen and oxygen atoms in total. The van der Waals surface area contributed by atoms with Crippen LogP contribution < -0.4 is 10.6 Å². The van der Waals surface area contributed by atoms with Crippen molar-refractivity contribution in [3.8, 4) is 0 Å². The van der Waals surface area contributed by atoms with E-state index in [1.165, 1.54) is 6.92 Å². The number of carbonyl (C=O) groups excluding carboxylic acids is 2. The molecule has 0 spiro atoms. The first-order valence-corrected chi connectivity index (χ1v) is 6.04. The minimum atomic E-state index is -1.23. The molecule has 2 atom stereocenters. The summed E-state index contributed by atoms with van der Waals surface area (Å²) in [6.45, 7) is 6.24. The van der Waals surface area contributed by atoms with Crippen molar-refractivity contribution in [1.29, 1.82) is 0 Å². The number of hydrogen-bond acceptors (Lipinski definition) is 4. The quantitative estimate of drug-likeness (QED) is 0.520. The maximum absolute atomic E-state index is 11.7. The lowest BCUT2D eigenvalue weighted by molar-refractivity contribution is -0.142. The predicted molar refractivity (Wildman–Crippen MR) is 68.3 cm³/mol. The lowest BCUT2D eigenvalue weighted by Gasteiger charge is -2.22. The first kappa shape index (κ1) is 17.4. The topological polar surface area (TPSA) is 116 Å². The average molecular weight is 274 g/mol. The maximum Gasteiger partial charge on any atom is 0.326 e. The van der Waals surface area contributed by atoms with Crippen LogP contribution >= 0.6 is 0 Å². The van der Waals surface area contributed by atoms with E-state index in [1.54, 1.807) is 20.8 Å². The zero-order valence-electron chi connectivity index (χ0n) is 11.7. The standard InChI is InChI=1S/C12H22N2O5/c1-7(13-11(19)12(2,3)4)9(16)14-8(5-6-15)10(17)18/h7-8,15H,5-6H2,1-4H3,(H,13,19)(H,14,16)(H,17,18)/t7?,8-/m1/s1.